The van der Waals surface area contributed by atoms with Crippen LogP contribution in [0.4, 0.5) is 0 Å². The molecule has 2 atom stereocenters. The predicted octanol–water partition coefficient (Wildman–Crippen LogP) is 2.84. The van der Waals surface area contributed by atoms with Gasteiger partial charge in [-0.1, -0.05) is 42.5 Å². The van der Waals surface area contributed by atoms with Crippen molar-refractivity contribution < 1.29 is 22.8 Å². The summed E-state index contributed by atoms with van der Waals surface area (Å²) in [4.78, 5) is 11.0. The lowest BCUT2D eigenvalue weighted by Gasteiger charge is -2.25. The van der Waals surface area contributed by atoms with Crippen LogP contribution in [0.25, 0.3) is 0 Å². The SMILES string of the molecule is CO/C(=N\S(C)(=O)=O)[C@H](c1ccccc1)[C@H](C[N+](=O)[O-])c1ccc(OC)cc1. The fraction of sp³-hybridized carbons (Fsp3) is 0.316. The number of rotatable bonds is 8. The molecule has 0 N–H and O–H groups in total. The quantitative estimate of drug-likeness (QED) is 0.289. The van der Waals surface area contributed by atoms with E-state index in [1.807, 2.05) is 0 Å². The summed E-state index contributed by atoms with van der Waals surface area (Å²) in [5.41, 5.74) is 1.30. The Balaban J connectivity index is 2.67. The maximum Gasteiger partial charge on any atom is 0.253 e. The van der Waals surface area contributed by atoms with E-state index in [0.717, 1.165) is 6.26 Å². The fourth-order valence-electron chi connectivity index (χ4n) is 3.01. The summed E-state index contributed by atoms with van der Waals surface area (Å²) in [6.45, 7) is -0.433. The molecule has 150 valence electrons. The smallest absolute Gasteiger partial charge is 0.253 e. The molecule has 0 aliphatic carbocycles. The molecular formula is C19H22N2O6S. The molecule has 0 radical (unpaired) electrons. The van der Waals surface area contributed by atoms with E-state index in [-0.39, 0.29) is 5.90 Å². The number of nitrogens with zero attached hydrogens (tertiary/aromatic N) is 2. The van der Waals surface area contributed by atoms with Crippen molar-refractivity contribution in [2.75, 3.05) is 27.0 Å². The second kappa shape index (κ2) is 9.32. The van der Waals surface area contributed by atoms with Gasteiger partial charge in [-0.15, -0.1) is 4.40 Å². The lowest BCUT2D eigenvalue weighted by Crippen LogP contribution is -2.28. The Morgan fingerprint density at radius 3 is 2.14 bits per heavy atom. The number of hydrogen-bond donors (Lipinski definition) is 0. The Bertz CT molecular complexity index is 927. The van der Waals surface area contributed by atoms with E-state index in [1.165, 1.54) is 14.2 Å². The zero-order valence-corrected chi connectivity index (χ0v) is 16.6. The van der Waals surface area contributed by atoms with Crippen molar-refractivity contribution in [2.45, 2.75) is 11.8 Å². The van der Waals surface area contributed by atoms with Gasteiger partial charge in [0.1, 0.15) is 5.75 Å². The second-order valence-corrected chi connectivity index (χ2v) is 7.80. The molecule has 8 nitrogen and oxygen atoms in total. The molecule has 2 aromatic carbocycles. The molecule has 0 amide bonds. The molecule has 28 heavy (non-hydrogen) atoms. The standard InChI is InChI=1S/C19H22N2O6S/c1-26-16-11-9-14(10-12-16)17(13-21(22)23)18(15-7-5-4-6-8-15)19(27-2)20-28(3,24)25/h4-12,17-18H,13H2,1-3H3/b20-19-/t17-,18-/m1/s1. The molecule has 0 heterocycles. The minimum atomic E-state index is -3.77. The Hall–Kier alpha value is -2.94. The van der Waals surface area contributed by atoms with Gasteiger partial charge in [-0.2, -0.15) is 0 Å². The van der Waals surface area contributed by atoms with Crippen LogP contribution >= 0.6 is 0 Å². The Labute approximate surface area is 164 Å². The number of benzene rings is 2. The highest BCUT2D eigenvalue weighted by Gasteiger charge is 2.35. The highest BCUT2D eigenvalue weighted by atomic mass is 32.2. The van der Waals surface area contributed by atoms with Crippen LogP contribution in [0.1, 0.15) is 23.0 Å². The van der Waals surface area contributed by atoms with Gasteiger partial charge in [-0.05, 0) is 23.3 Å². The van der Waals surface area contributed by atoms with E-state index in [9.17, 15) is 18.5 Å². The third kappa shape index (κ3) is 5.78. The average molecular weight is 406 g/mol. The minimum absolute atomic E-state index is 0.101. The molecule has 0 aromatic heterocycles. The Morgan fingerprint density at radius 2 is 1.68 bits per heavy atom. The number of sulfonamides is 1. The first-order valence-corrected chi connectivity index (χ1v) is 10.2. The van der Waals surface area contributed by atoms with Crippen LogP contribution in [-0.2, 0) is 14.8 Å². The van der Waals surface area contributed by atoms with Crippen molar-refractivity contribution in [3.63, 3.8) is 0 Å². The summed E-state index contributed by atoms with van der Waals surface area (Å²) >= 11 is 0. The number of ether oxygens (including phenoxy) is 2. The maximum absolute atomic E-state index is 11.8. The van der Waals surface area contributed by atoms with Crippen LogP contribution in [0.5, 0.6) is 5.75 Å². The molecule has 0 aliphatic heterocycles. The van der Waals surface area contributed by atoms with Crippen LogP contribution in [0.15, 0.2) is 59.0 Å². The molecule has 0 spiro atoms. The third-order valence-electron chi connectivity index (χ3n) is 4.18. The molecule has 2 rings (SSSR count). The third-order valence-corrected chi connectivity index (χ3v) is 4.69. The normalized spacial score (nSPS) is 14.2. The first-order valence-electron chi connectivity index (χ1n) is 8.39. The van der Waals surface area contributed by atoms with Crippen molar-refractivity contribution in [3.05, 3.63) is 75.8 Å². The largest absolute Gasteiger partial charge is 0.497 e. The highest BCUT2D eigenvalue weighted by molar-refractivity contribution is 7.89. The van der Waals surface area contributed by atoms with Gasteiger partial charge < -0.3 is 9.47 Å². The van der Waals surface area contributed by atoms with Crippen LogP contribution in [0.2, 0.25) is 0 Å². The van der Waals surface area contributed by atoms with Crippen molar-refractivity contribution >= 4 is 15.9 Å². The minimum Gasteiger partial charge on any atom is -0.497 e. The van der Waals surface area contributed by atoms with Gasteiger partial charge in [0.25, 0.3) is 10.0 Å². The summed E-state index contributed by atoms with van der Waals surface area (Å²) in [6, 6.07) is 15.7. The van der Waals surface area contributed by atoms with Crippen LogP contribution in [0.3, 0.4) is 0 Å². The monoisotopic (exact) mass is 406 g/mol. The number of methoxy groups -OCH3 is 2. The molecule has 2 aromatic rings. The van der Waals surface area contributed by atoms with Crippen molar-refractivity contribution in [2.24, 2.45) is 4.40 Å². The van der Waals surface area contributed by atoms with Crippen molar-refractivity contribution in [1.82, 2.24) is 0 Å². The lowest BCUT2D eigenvalue weighted by atomic mass is 9.81. The Kier molecular flexibility index (Phi) is 7.11. The Morgan fingerprint density at radius 1 is 1.07 bits per heavy atom. The van der Waals surface area contributed by atoms with E-state index < -0.39 is 33.3 Å². The molecular weight excluding hydrogens is 384 g/mol. The molecule has 0 bridgehead atoms. The zero-order chi connectivity index (χ0) is 20.7. The van der Waals surface area contributed by atoms with E-state index in [4.69, 9.17) is 9.47 Å². The van der Waals surface area contributed by atoms with Gasteiger partial charge in [-0.25, -0.2) is 8.42 Å². The van der Waals surface area contributed by atoms with Gasteiger partial charge >= 0.3 is 0 Å². The summed E-state index contributed by atoms with van der Waals surface area (Å²) in [5.74, 6) is -0.962. The molecule has 0 unspecified atom stereocenters. The summed E-state index contributed by atoms with van der Waals surface area (Å²) in [6.07, 6.45) is 0.948. The van der Waals surface area contributed by atoms with Crippen LogP contribution in [-0.4, -0.2) is 46.3 Å². The molecule has 0 aliphatic rings. The summed E-state index contributed by atoms with van der Waals surface area (Å²) in [7, 11) is -0.942. The topological polar surface area (TPSA) is 108 Å². The number of hydrogen-bond acceptors (Lipinski definition) is 6. The average Bonchev–Trinajstić information content (AvgIpc) is 2.66. The molecule has 0 saturated carbocycles. The molecule has 0 saturated heterocycles. The summed E-state index contributed by atoms with van der Waals surface area (Å²) < 4.78 is 37.7. The van der Waals surface area contributed by atoms with Crippen molar-refractivity contribution in [1.29, 1.82) is 0 Å². The first-order chi connectivity index (χ1) is 13.2. The van der Waals surface area contributed by atoms with Gasteiger partial charge in [0.15, 0.2) is 0 Å². The highest BCUT2D eigenvalue weighted by Crippen LogP contribution is 2.36. The predicted molar refractivity (Wildman–Crippen MR) is 106 cm³/mol. The van der Waals surface area contributed by atoms with Gasteiger partial charge in [0, 0.05) is 4.92 Å². The molecule has 0 fully saturated rings. The second-order valence-electron chi connectivity index (χ2n) is 6.15. The van der Waals surface area contributed by atoms with Crippen LogP contribution < -0.4 is 4.74 Å². The lowest BCUT2D eigenvalue weighted by molar-refractivity contribution is -0.483. The first kappa shape index (κ1) is 21.4. The van der Waals surface area contributed by atoms with E-state index in [1.54, 1.807) is 54.6 Å². The van der Waals surface area contributed by atoms with Gasteiger partial charge in [0.05, 0.1) is 32.3 Å². The van der Waals surface area contributed by atoms with Crippen molar-refractivity contribution in [3.8, 4) is 5.75 Å². The van der Waals surface area contributed by atoms with E-state index in [2.05, 4.69) is 4.40 Å². The molecule has 9 heteroatoms. The zero-order valence-electron chi connectivity index (χ0n) is 15.8. The summed E-state index contributed by atoms with van der Waals surface area (Å²) in [5, 5.41) is 11.4. The van der Waals surface area contributed by atoms with Gasteiger partial charge in [-0.3, -0.25) is 10.1 Å². The fourth-order valence-corrected chi connectivity index (χ4v) is 3.52. The van der Waals surface area contributed by atoms with Gasteiger partial charge in [0.2, 0.25) is 12.4 Å². The van der Waals surface area contributed by atoms with E-state index >= 15 is 0 Å². The maximum atomic E-state index is 11.8. The number of nitro groups is 1. The van der Waals surface area contributed by atoms with E-state index in [0.29, 0.717) is 16.9 Å². The van der Waals surface area contributed by atoms with Crippen LogP contribution in [0, 0.1) is 10.1 Å².